The van der Waals surface area contributed by atoms with Crippen molar-refractivity contribution in [2.75, 3.05) is 95.8 Å². The number of hydrogen-bond donors (Lipinski definition) is 2. The highest BCUT2D eigenvalue weighted by Crippen LogP contribution is 2.37. The lowest BCUT2D eigenvalue weighted by molar-refractivity contribution is -0.0113. The number of piperazine rings is 1. The smallest absolute Gasteiger partial charge is 0.407 e. The molecular weight excluding hydrogens is 727 g/mol. The second kappa shape index (κ2) is 18.9. The van der Waals surface area contributed by atoms with Crippen molar-refractivity contribution in [2.24, 2.45) is 0 Å². The molecule has 2 saturated heterocycles. The van der Waals surface area contributed by atoms with Crippen molar-refractivity contribution in [3.05, 3.63) is 89.6 Å². The third-order valence-electron chi connectivity index (χ3n) is 11.3. The summed E-state index contributed by atoms with van der Waals surface area (Å²) < 4.78 is 23.4. The highest BCUT2D eigenvalue weighted by atomic mass is 16.5. The van der Waals surface area contributed by atoms with E-state index in [1.165, 1.54) is 15.7 Å². The Morgan fingerprint density at radius 1 is 0.930 bits per heavy atom. The van der Waals surface area contributed by atoms with Crippen LogP contribution >= 0.6 is 0 Å². The lowest BCUT2D eigenvalue weighted by atomic mass is 9.83. The summed E-state index contributed by atoms with van der Waals surface area (Å²) in [6, 6.07) is 27.3. The topological polar surface area (TPSA) is 157 Å². The number of aliphatic hydroxyl groups excluding tert-OH is 1. The molecule has 0 bridgehead atoms. The number of nitriles is 1. The first kappa shape index (κ1) is 40.2. The van der Waals surface area contributed by atoms with E-state index in [0.717, 1.165) is 47.8 Å². The van der Waals surface area contributed by atoms with Gasteiger partial charge in [-0.25, -0.2) is 4.79 Å². The molecule has 57 heavy (non-hydrogen) atoms. The minimum absolute atomic E-state index is 0.00148. The summed E-state index contributed by atoms with van der Waals surface area (Å²) in [7, 11) is 2.07. The van der Waals surface area contributed by atoms with Gasteiger partial charge in [0.25, 0.3) is 0 Å². The van der Waals surface area contributed by atoms with Crippen molar-refractivity contribution in [3.63, 3.8) is 0 Å². The maximum atomic E-state index is 12.7. The fourth-order valence-electron chi connectivity index (χ4n) is 8.52. The van der Waals surface area contributed by atoms with E-state index in [1.54, 1.807) is 0 Å². The Bertz CT molecular complexity index is 1990. The predicted molar refractivity (Wildman–Crippen MR) is 216 cm³/mol. The number of aromatic nitrogens is 2. The van der Waals surface area contributed by atoms with Gasteiger partial charge in [-0.2, -0.15) is 15.2 Å². The summed E-state index contributed by atoms with van der Waals surface area (Å²) in [4.78, 5) is 31.1. The molecule has 3 aliphatic heterocycles. The number of nitrogens with zero attached hydrogens (tertiary/aromatic N) is 7. The third-order valence-corrected chi connectivity index (χ3v) is 11.3. The molecule has 3 aliphatic rings. The number of hydrogen-bond acceptors (Lipinski definition) is 12. The average Bonchev–Trinajstić information content (AvgIpc) is 3.58. The molecule has 0 spiro atoms. The number of fused-ring (bicyclic) bond motifs is 2. The zero-order chi connectivity index (χ0) is 39.6. The second-order valence-corrected chi connectivity index (χ2v) is 15.1. The van der Waals surface area contributed by atoms with Gasteiger partial charge in [-0.15, -0.1) is 0 Å². The zero-order valence-electron chi connectivity index (χ0n) is 32.7. The second-order valence-electron chi connectivity index (χ2n) is 15.1. The molecule has 14 heteroatoms. The normalized spacial score (nSPS) is 21.1. The van der Waals surface area contributed by atoms with Crippen LogP contribution in [0.25, 0.3) is 10.8 Å². The Balaban J connectivity index is 1.12. The summed E-state index contributed by atoms with van der Waals surface area (Å²) in [5, 5.41) is 31.7. The van der Waals surface area contributed by atoms with Crippen molar-refractivity contribution >= 4 is 28.4 Å². The molecular formula is C43H53N7O7. The van der Waals surface area contributed by atoms with Gasteiger partial charge in [0.15, 0.2) is 0 Å². The number of likely N-dealkylation sites (tertiary alicyclic amines) is 1. The third kappa shape index (κ3) is 9.57. The van der Waals surface area contributed by atoms with Gasteiger partial charge in [0, 0.05) is 55.4 Å². The molecule has 4 heterocycles. The summed E-state index contributed by atoms with van der Waals surface area (Å²) in [5.41, 5.74) is 3.04. The van der Waals surface area contributed by atoms with Crippen LogP contribution in [0.3, 0.4) is 0 Å². The molecule has 7 rings (SSSR count). The quantitative estimate of drug-likeness (QED) is 0.146. The van der Waals surface area contributed by atoms with Crippen LogP contribution in [0.2, 0.25) is 0 Å². The fourth-order valence-corrected chi connectivity index (χ4v) is 8.52. The van der Waals surface area contributed by atoms with Crippen LogP contribution in [0.15, 0.2) is 72.8 Å². The number of anilines is 2. The average molecular weight is 780 g/mol. The molecule has 0 radical (unpaired) electrons. The predicted octanol–water partition coefficient (Wildman–Crippen LogP) is 4.38. The molecule has 3 atom stereocenters. The first-order valence-electron chi connectivity index (χ1n) is 19.9. The molecule has 2 fully saturated rings. The highest BCUT2D eigenvalue weighted by Gasteiger charge is 2.46. The van der Waals surface area contributed by atoms with Crippen LogP contribution in [-0.4, -0.2) is 140 Å². The Labute approximate surface area is 334 Å². The molecule has 2 N–H and O–H groups in total. The van der Waals surface area contributed by atoms with Gasteiger partial charge in [-0.1, -0.05) is 66.7 Å². The van der Waals surface area contributed by atoms with Gasteiger partial charge >= 0.3 is 12.1 Å². The van der Waals surface area contributed by atoms with E-state index in [1.807, 2.05) is 30.3 Å². The molecule has 1 aromatic heterocycles. The summed E-state index contributed by atoms with van der Waals surface area (Å²) in [5.74, 6) is 0.746. The van der Waals surface area contributed by atoms with E-state index in [2.05, 4.69) is 70.3 Å². The van der Waals surface area contributed by atoms with E-state index in [4.69, 9.17) is 34.0 Å². The van der Waals surface area contributed by atoms with Crippen molar-refractivity contribution < 1.29 is 34.0 Å². The summed E-state index contributed by atoms with van der Waals surface area (Å²) in [6.45, 7) is 5.56. The molecule has 0 saturated carbocycles. The molecule has 14 nitrogen and oxygen atoms in total. The minimum Gasteiger partial charge on any atom is -0.465 e. The van der Waals surface area contributed by atoms with Crippen LogP contribution in [-0.2, 0) is 33.6 Å². The zero-order valence-corrected chi connectivity index (χ0v) is 32.7. The molecule has 4 aromatic rings. The van der Waals surface area contributed by atoms with Crippen LogP contribution in [0.4, 0.5) is 16.3 Å². The lowest BCUT2D eigenvalue weighted by Gasteiger charge is -2.49. The largest absolute Gasteiger partial charge is 0.465 e. The standard InChI is InChI=1S/C43H53N7O7/c1-47-28-35(56-25-24-55-23-22-54-21-20-51)26-34(47)30-57-41-45-38-29-48(39-13-7-11-33-10-5-6-12-36(33)39)17-14-37(38)40(46-41)49-18-19-50(42(52)53)43(31-49,15-16-44)27-32-8-3-2-4-9-32/h2-13,34-35,51H,14-15,17-31H2,1H3,(H,52,53)/t34-,35+,43+/m0/s1. The maximum Gasteiger partial charge on any atom is 0.407 e. The Hall–Kier alpha value is -5.04. The van der Waals surface area contributed by atoms with E-state index < -0.39 is 11.6 Å². The monoisotopic (exact) mass is 779 g/mol. The minimum atomic E-state index is -1.03. The molecule has 0 unspecified atom stereocenters. The van der Waals surface area contributed by atoms with Gasteiger partial charge in [-0.3, -0.25) is 9.80 Å². The van der Waals surface area contributed by atoms with E-state index >= 15 is 0 Å². The number of likely N-dealkylation sites (N-methyl/N-ethyl adjacent to an activating group) is 1. The maximum absolute atomic E-state index is 12.7. The first-order valence-corrected chi connectivity index (χ1v) is 19.9. The fraction of sp³-hybridized carbons (Fsp3) is 0.488. The van der Waals surface area contributed by atoms with Gasteiger partial charge < -0.3 is 39.0 Å². The van der Waals surface area contributed by atoms with Crippen molar-refractivity contribution in [2.45, 2.75) is 49.9 Å². The Morgan fingerprint density at radius 2 is 1.70 bits per heavy atom. The number of rotatable bonds is 17. The van der Waals surface area contributed by atoms with E-state index in [-0.39, 0.29) is 37.7 Å². The van der Waals surface area contributed by atoms with Crippen molar-refractivity contribution in [3.8, 4) is 12.1 Å². The Kier molecular flexibility index (Phi) is 13.3. The van der Waals surface area contributed by atoms with Gasteiger partial charge in [-0.05, 0) is 43.3 Å². The van der Waals surface area contributed by atoms with Crippen LogP contribution in [0.1, 0.15) is 29.7 Å². The summed E-state index contributed by atoms with van der Waals surface area (Å²) in [6.07, 6.45) is 0.934. The molecule has 3 aromatic carbocycles. The number of ether oxygens (including phenoxy) is 4. The Morgan fingerprint density at radius 3 is 2.51 bits per heavy atom. The highest BCUT2D eigenvalue weighted by molar-refractivity contribution is 5.94. The lowest BCUT2D eigenvalue weighted by Crippen LogP contribution is -2.65. The number of amides is 1. The van der Waals surface area contributed by atoms with Gasteiger partial charge in [0.05, 0.1) is 76.0 Å². The van der Waals surface area contributed by atoms with Crippen LogP contribution < -0.4 is 14.5 Å². The van der Waals surface area contributed by atoms with Crippen LogP contribution in [0.5, 0.6) is 6.01 Å². The number of carboxylic acid groups (broad SMARTS) is 1. The molecule has 302 valence electrons. The molecule has 1 amide bonds. The number of benzene rings is 3. The van der Waals surface area contributed by atoms with Gasteiger partial charge in [0.1, 0.15) is 12.4 Å². The van der Waals surface area contributed by atoms with Gasteiger partial charge in [0.2, 0.25) is 0 Å². The van der Waals surface area contributed by atoms with Crippen molar-refractivity contribution in [1.29, 1.82) is 5.26 Å². The summed E-state index contributed by atoms with van der Waals surface area (Å²) >= 11 is 0. The SMILES string of the molecule is CN1C[C@H](OCCOCCOCCO)C[C@H]1COc1nc2c(c(N3CCN(C(=O)O)[C@](CC#N)(Cc4ccccc4)C3)n1)CCN(c1cccc3ccccc13)C2. The first-order chi connectivity index (χ1) is 27.9. The number of aliphatic hydroxyl groups is 1. The van der Waals surface area contributed by atoms with E-state index in [0.29, 0.717) is 72.1 Å². The van der Waals surface area contributed by atoms with Crippen LogP contribution in [0, 0.1) is 11.3 Å². The van der Waals surface area contributed by atoms with Crippen molar-refractivity contribution in [1.82, 2.24) is 19.8 Å². The van der Waals surface area contributed by atoms with E-state index in [9.17, 15) is 15.2 Å². The molecule has 0 aliphatic carbocycles. The number of carbonyl (C=O) groups is 1.